The fourth-order valence-electron chi connectivity index (χ4n) is 2.81. The van der Waals surface area contributed by atoms with Crippen molar-refractivity contribution in [2.24, 2.45) is 0 Å². The summed E-state index contributed by atoms with van der Waals surface area (Å²) in [6.07, 6.45) is 4.65. The van der Waals surface area contributed by atoms with Gasteiger partial charge in [0, 0.05) is 30.4 Å². The number of piperazine rings is 1. The third kappa shape index (κ3) is 4.80. The smallest absolute Gasteiger partial charge is 0.0236 e. The van der Waals surface area contributed by atoms with Crippen molar-refractivity contribution in [2.75, 3.05) is 25.9 Å². The Morgan fingerprint density at radius 2 is 2.10 bits per heavy atom. The van der Waals surface area contributed by atoms with Crippen molar-refractivity contribution in [1.29, 1.82) is 0 Å². The van der Waals surface area contributed by atoms with E-state index in [0.717, 1.165) is 18.2 Å². The van der Waals surface area contributed by atoms with Gasteiger partial charge >= 0.3 is 0 Å². The summed E-state index contributed by atoms with van der Waals surface area (Å²) in [5, 5.41) is 4.47. The van der Waals surface area contributed by atoms with Gasteiger partial charge in [-0.2, -0.15) is 11.8 Å². The van der Waals surface area contributed by atoms with Crippen LogP contribution in [0.15, 0.2) is 30.3 Å². The van der Waals surface area contributed by atoms with E-state index in [4.69, 9.17) is 0 Å². The third-order valence-corrected chi connectivity index (χ3v) is 5.37. The molecule has 112 valence electrons. The summed E-state index contributed by atoms with van der Waals surface area (Å²) in [7, 11) is 0. The van der Waals surface area contributed by atoms with Gasteiger partial charge in [0.15, 0.2) is 0 Å². The van der Waals surface area contributed by atoms with Crippen LogP contribution in [0.5, 0.6) is 0 Å². The molecular weight excluding hydrogens is 264 g/mol. The standard InChI is InChI=1S/C17H28N2S/c1-14-12-18-17(11-16-7-5-4-6-8-16)13-19(14)10-9-15(2)20-3/h4-8,14-15,17-18H,9-13H2,1-3H3. The lowest BCUT2D eigenvalue weighted by molar-refractivity contribution is 0.139. The molecule has 0 radical (unpaired) electrons. The normalized spacial score (nSPS) is 25.6. The number of hydrogen-bond acceptors (Lipinski definition) is 3. The topological polar surface area (TPSA) is 15.3 Å². The van der Waals surface area contributed by atoms with Crippen molar-refractivity contribution in [1.82, 2.24) is 10.2 Å². The van der Waals surface area contributed by atoms with Gasteiger partial charge in [-0.3, -0.25) is 4.90 Å². The first kappa shape index (κ1) is 15.9. The number of nitrogens with one attached hydrogen (secondary N) is 1. The highest BCUT2D eigenvalue weighted by Crippen LogP contribution is 2.15. The number of thioether (sulfide) groups is 1. The second kappa shape index (κ2) is 8.06. The van der Waals surface area contributed by atoms with Crippen molar-refractivity contribution in [3.05, 3.63) is 35.9 Å². The summed E-state index contributed by atoms with van der Waals surface area (Å²) in [6, 6.07) is 12.1. The highest BCUT2D eigenvalue weighted by Gasteiger charge is 2.24. The lowest BCUT2D eigenvalue weighted by atomic mass is 10.0. The number of benzene rings is 1. The largest absolute Gasteiger partial charge is 0.311 e. The molecule has 0 amide bonds. The first-order chi connectivity index (χ1) is 9.69. The molecule has 0 bridgehead atoms. The van der Waals surface area contributed by atoms with Crippen LogP contribution in [-0.2, 0) is 6.42 Å². The van der Waals surface area contributed by atoms with Gasteiger partial charge in [0.2, 0.25) is 0 Å². The Bertz CT molecular complexity index is 382. The molecule has 0 aliphatic carbocycles. The van der Waals surface area contributed by atoms with E-state index in [1.165, 1.54) is 25.1 Å². The van der Waals surface area contributed by atoms with Crippen molar-refractivity contribution in [3.63, 3.8) is 0 Å². The minimum Gasteiger partial charge on any atom is -0.311 e. The molecule has 20 heavy (non-hydrogen) atoms. The summed E-state index contributed by atoms with van der Waals surface area (Å²) in [6.45, 7) is 8.20. The van der Waals surface area contributed by atoms with Crippen LogP contribution in [0.2, 0.25) is 0 Å². The van der Waals surface area contributed by atoms with E-state index in [0.29, 0.717) is 12.1 Å². The summed E-state index contributed by atoms with van der Waals surface area (Å²) in [5.74, 6) is 0. The van der Waals surface area contributed by atoms with Gasteiger partial charge in [-0.05, 0) is 38.1 Å². The Labute approximate surface area is 128 Å². The van der Waals surface area contributed by atoms with Crippen LogP contribution in [0.4, 0.5) is 0 Å². The number of rotatable bonds is 6. The number of nitrogens with zero attached hydrogens (tertiary/aromatic N) is 1. The van der Waals surface area contributed by atoms with Gasteiger partial charge in [0.1, 0.15) is 0 Å². The van der Waals surface area contributed by atoms with Crippen molar-refractivity contribution < 1.29 is 0 Å². The first-order valence-corrected chi connectivity index (χ1v) is 9.02. The molecular formula is C17H28N2S. The first-order valence-electron chi connectivity index (χ1n) is 7.73. The van der Waals surface area contributed by atoms with E-state index in [1.807, 2.05) is 11.8 Å². The molecule has 1 aromatic rings. The number of hydrogen-bond donors (Lipinski definition) is 1. The molecule has 2 nitrogen and oxygen atoms in total. The van der Waals surface area contributed by atoms with Crippen LogP contribution in [0, 0.1) is 0 Å². The van der Waals surface area contributed by atoms with Crippen LogP contribution in [0.3, 0.4) is 0 Å². The Hall–Kier alpha value is -0.510. The molecule has 3 unspecified atom stereocenters. The molecule has 0 aromatic heterocycles. The van der Waals surface area contributed by atoms with Crippen molar-refractivity contribution in [2.45, 2.75) is 44.0 Å². The Kier molecular flexibility index (Phi) is 6.40. The lowest BCUT2D eigenvalue weighted by Gasteiger charge is -2.39. The third-order valence-electron chi connectivity index (χ3n) is 4.33. The maximum absolute atomic E-state index is 3.70. The minimum absolute atomic E-state index is 0.596. The second-order valence-electron chi connectivity index (χ2n) is 5.97. The molecule has 1 saturated heterocycles. The molecule has 1 aromatic carbocycles. The van der Waals surface area contributed by atoms with Crippen LogP contribution in [-0.4, -0.2) is 48.1 Å². The molecule has 1 aliphatic rings. The maximum atomic E-state index is 3.70. The quantitative estimate of drug-likeness (QED) is 0.867. The van der Waals surface area contributed by atoms with Gasteiger partial charge in [0.05, 0.1) is 0 Å². The lowest BCUT2D eigenvalue weighted by Crippen LogP contribution is -2.56. The summed E-state index contributed by atoms with van der Waals surface area (Å²) in [4.78, 5) is 2.66. The predicted octanol–water partition coefficient (Wildman–Crippen LogP) is 3.03. The molecule has 1 heterocycles. The average molecular weight is 292 g/mol. The Balaban J connectivity index is 1.84. The zero-order chi connectivity index (χ0) is 14.4. The Morgan fingerprint density at radius 3 is 2.80 bits per heavy atom. The zero-order valence-corrected chi connectivity index (χ0v) is 13.8. The molecule has 0 saturated carbocycles. The van der Waals surface area contributed by atoms with E-state index in [9.17, 15) is 0 Å². The van der Waals surface area contributed by atoms with Gasteiger partial charge in [-0.25, -0.2) is 0 Å². The summed E-state index contributed by atoms with van der Waals surface area (Å²) in [5.41, 5.74) is 1.44. The molecule has 2 rings (SSSR count). The van der Waals surface area contributed by atoms with E-state index >= 15 is 0 Å². The fraction of sp³-hybridized carbons (Fsp3) is 0.647. The van der Waals surface area contributed by atoms with Gasteiger partial charge in [-0.1, -0.05) is 37.3 Å². The van der Waals surface area contributed by atoms with Crippen LogP contribution in [0.1, 0.15) is 25.8 Å². The molecule has 3 heteroatoms. The monoisotopic (exact) mass is 292 g/mol. The van der Waals surface area contributed by atoms with Crippen molar-refractivity contribution in [3.8, 4) is 0 Å². The van der Waals surface area contributed by atoms with E-state index in [-0.39, 0.29) is 0 Å². The van der Waals surface area contributed by atoms with Crippen LogP contribution in [0.25, 0.3) is 0 Å². The van der Waals surface area contributed by atoms with E-state index in [1.54, 1.807) is 0 Å². The summed E-state index contributed by atoms with van der Waals surface area (Å²) < 4.78 is 0. The van der Waals surface area contributed by atoms with Gasteiger partial charge in [-0.15, -0.1) is 0 Å². The second-order valence-corrected chi connectivity index (χ2v) is 7.25. The van der Waals surface area contributed by atoms with Crippen LogP contribution < -0.4 is 5.32 Å². The molecule has 1 aliphatic heterocycles. The van der Waals surface area contributed by atoms with Gasteiger partial charge in [0.25, 0.3) is 0 Å². The molecule has 3 atom stereocenters. The fourth-order valence-corrected chi connectivity index (χ4v) is 3.15. The Morgan fingerprint density at radius 1 is 1.35 bits per heavy atom. The van der Waals surface area contributed by atoms with Crippen LogP contribution >= 0.6 is 11.8 Å². The highest BCUT2D eigenvalue weighted by atomic mass is 32.2. The molecule has 0 spiro atoms. The van der Waals surface area contributed by atoms with Gasteiger partial charge < -0.3 is 5.32 Å². The summed E-state index contributed by atoms with van der Waals surface area (Å²) >= 11 is 1.98. The van der Waals surface area contributed by atoms with Crippen molar-refractivity contribution >= 4 is 11.8 Å². The molecule has 1 N–H and O–H groups in total. The van der Waals surface area contributed by atoms with E-state index in [2.05, 4.69) is 60.7 Å². The average Bonchev–Trinajstić information content (AvgIpc) is 2.48. The minimum atomic E-state index is 0.596. The molecule has 1 fully saturated rings. The highest BCUT2D eigenvalue weighted by molar-refractivity contribution is 7.99. The zero-order valence-electron chi connectivity index (χ0n) is 13.0. The maximum Gasteiger partial charge on any atom is 0.0236 e. The predicted molar refractivity (Wildman–Crippen MR) is 90.6 cm³/mol. The van der Waals surface area contributed by atoms with E-state index < -0.39 is 0 Å². The SMILES string of the molecule is CSC(C)CCN1CC(Cc2ccccc2)NCC1C.